The van der Waals surface area contributed by atoms with E-state index < -0.39 is 0 Å². The molecule has 0 amide bonds. The van der Waals surface area contributed by atoms with Crippen LogP contribution in [0, 0.1) is 5.82 Å². The van der Waals surface area contributed by atoms with Crippen LogP contribution in [0.2, 0.25) is 0 Å². The highest BCUT2D eigenvalue weighted by atomic mass is 19.1. The Bertz CT molecular complexity index is 433. The van der Waals surface area contributed by atoms with Crippen LogP contribution in [0.1, 0.15) is 10.5 Å². The number of nitrogens with one attached hydrogen (secondary N) is 1. The van der Waals surface area contributed by atoms with Crippen molar-refractivity contribution < 1.29 is 9.18 Å². The third-order valence-electron chi connectivity index (χ3n) is 1.73. The molecule has 0 aliphatic heterocycles. The van der Waals surface area contributed by atoms with Gasteiger partial charge in [0.05, 0.1) is 5.69 Å². The number of fused-ring (bicyclic) bond motifs is 1. The first kappa shape index (κ1) is 7.03. The van der Waals surface area contributed by atoms with Crippen molar-refractivity contribution in [1.82, 2.24) is 4.98 Å². The van der Waals surface area contributed by atoms with Crippen LogP contribution >= 0.6 is 0 Å². The number of H-pyrrole nitrogens is 1. The largest absolute Gasteiger partial charge is 0.352 e. The number of carbonyl (C=O) groups excluding carboxylic acids is 1. The van der Waals surface area contributed by atoms with Crippen molar-refractivity contribution in [2.45, 2.75) is 0 Å². The van der Waals surface area contributed by atoms with E-state index in [1.165, 1.54) is 12.1 Å². The molecule has 0 atom stereocenters. The first-order valence-electron chi connectivity index (χ1n) is 3.53. The lowest BCUT2D eigenvalue weighted by Gasteiger charge is -1.87. The quantitative estimate of drug-likeness (QED) is 0.641. The number of carbonyl (C=O) groups is 1. The molecule has 0 unspecified atom stereocenters. The number of halogens is 1. The molecule has 1 heterocycles. The van der Waals surface area contributed by atoms with Crippen molar-refractivity contribution in [3.63, 3.8) is 0 Å². The van der Waals surface area contributed by atoms with Gasteiger partial charge < -0.3 is 4.98 Å². The van der Waals surface area contributed by atoms with Crippen molar-refractivity contribution in [2.24, 2.45) is 0 Å². The summed E-state index contributed by atoms with van der Waals surface area (Å²) < 4.78 is 12.6. The molecule has 1 N–H and O–H groups in total. The average molecular weight is 163 g/mol. The molecule has 0 saturated heterocycles. The van der Waals surface area contributed by atoms with Gasteiger partial charge in [-0.1, -0.05) is 0 Å². The number of hydrogen-bond acceptors (Lipinski definition) is 1. The van der Waals surface area contributed by atoms with Gasteiger partial charge in [0.25, 0.3) is 0 Å². The fourth-order valence-corrected chi connectivity index (χ4v) is 1.19. The van der Waals surface area contributed by atoms with Crippen LogP contribution < -0.4 is 0 Å². The first-order valence-corrected chi connectivity index (χ1v) is 3.53. The van der Waals surface area contributed by atoms with E-state index in [0.717, 1.165) is 5.39 Å². The molecule has 0 bridgehead atoms. The fraction of sp³-hybridized carbons (Fsp3) is 0. The highest BCUT2D eigenvalue weighted by Gasteiger charge is 1.99. The van der Waals surface area contributed by atoms with Gasteiger partial charge in [0.1, 0.15) is 5.82 Å². The van der Waals surface area contributed by atoms with E-state index in [1.54, 1.807) is 12.1 Å². The van der Waals surface area contributed by atoms with Crippen LogP contribution in [-0.2, 0) is 0 Å². The zero-order valence-corrected chi connectivity index (χ0v) is 6.17. The van der Waals surface area contributed by atoms with Gasteiger partial charge in [-0.3, -0.25) is 4.79 Å². The number of benzene rings is 1. The number of aldehydes is 1. The van der Waals surface area contributed by atoms with Gasteiger partial charge in [-0.25, -0.2) is 4.39 Å². The second-order valence-electron chi connectivity index (χ2n) is 2.57. The molecule has 3 heteroatoms. The van der Waals surface area contributed by atoms with E-state index in [-0.39, 0.29) is 5.82 Å². The third-order valence-corrected chi connectivity index (χ3v) is 1.73. The summed E-state index contributed by atoms with van der Waals surface area (Å²) in [4.78, 5) is 13.1. The van der Waals surface area contributed by atoms with Crippen LogP contribution in [0.3, 0.4) is 0 Å². The second kappa shape index (κ2) is 2.44. The van der Waals surface area contributed by atoms with Crippen LogP contribution in [-0.4, -0.2) is 11.3 Å². The van der Waals surface area contributed by atoms with Crippen molar-refractivity contribution in [3.8, 4) is 0 Å². The predicted molar refractivity (Wildman–Crippen MR) is 43.6 cm³/mol. The second-order valence-corrected chi connectivity index (χ2v) is 2.57. The molecule has 2 aromatic rings. The molecule has 0 radical (unpaired) electrons. The lowest BCUT2D eigenvalue weighted by Crippen LogP contribution is -1.75. The standard InChI is InChI=1S/C9H6FNO/c10-7-2-1-6-3-8(5-12)11-9(6)4-7/h1-5,11H. The zero-order valence-electron chi connectivity index (χ0n) is 6.17. The Morgan fingerprint density at radius 1 is 1.33 bits per heavy atom. The summed E-state index contributed by atoms with van der Waals surface area (Å²) in [5, 5.41) is 0.846. The maximum Gasteiger partial charge on any atom is 0.166 e. The third kappa shape index (κ3) is 0.993. The van der Waals surface area contributed by atoms with Gasteiger partial charge in [0, 0.05) is 10.9 Å². The van der Waals surface area contributed by atoms with Gasteiger partial charge in [0.2, 0.25) is 0 Å². The monoisotopic (exact) mass is 163 g/mol. The van der Waals surface area contributed by atoms with E-state index in [2.05, 4.69) is 4.98 Å². The van der Waals surface area contributed by atoms with E-state index >= 15 is 0 Å². The SMILES string of the molecule is O=Cc1cc2ccc(F)cc2[nH]1. The molecule has 0 spiro atoms. The maximum atomic E-state index is 12.6. The molecule has 0 aliphatic rings. The van der Waals surface area contributed by atoms with Gasteiger partial charge >= 0.3 is 0 Å². The Kier molecular flexibility index (Phi) is 1.43. The molecule has 1 aromatic carbocycles. The number of rotatable bonds is 1. The Hall–Kier alpha value is -1.64. The summed E-state index contributed by atoms with van der Waals surface area (Å²) in [6, 6.07) is 6.04. The topological polar surface area (TPSA) is 32.9 Å². The van der Waals surface area contributed by atoms with Crippen molar-refractivity contribution in [2.75, 3.05) is 0 Å². The summed E-state index contributed by atoms with van der Waals surface area (Å²) >= 11 is 0. The Balaban J connectivity index is 2.75. The maximum absolute atomic E-state index is 12.6. The molecule has 0 aliphatic carbocycles. The molecule has 0 saturated carbocycles. The molecule has 2 rings (SSSR count). The van der Waals surface area contributed by atoms with E-state index in [1.807, 2.05) is 0 Å². The Morgan fingerprint density at radius 3 is 2.92 bits per heavy atom. The van der Waals surface area contributed by atoms with Crippen molar-refractivity contribution >= 4 is 17.2 Å². The van der Waals surface area contributed by atoms with Gasteiger partial charge in [0.15, 0.2) is 6.29 Å². The molecule has 12 heavy (non-hydrogen) atoms. The first-order chi connectivity index (χ1) is 5.79. The average Bonchev–Trinajstić information content (AvgIpc) is 2.46. The predicted octanol–water partition coefficient (Wildman–Crippen LogP) is 2.12. The molecule has 0 fully saturated rings. The minimum atomic E-state index is -0.304. The van der Waals surface area contributed by atoms with E-state index in [9.17, 15) is 9.18 Å². The smallest absolute Gasteiger partial charge is 0.166 e. The van der Waals surface area contributed by atoms with E-state index in [0.29, 0.717) is 17.5 Å². The lowest BCUT2D eigenvalue weighted by molar-refractivity contribution is 0.112. The van der Waals surface area contributed by atoms with Crippen LogP contribution in [0.25, 0.3) is 10.9 Å². The molecular formula is C9H6FNO. The summed E-state index contributed by atoms with van der Waals surface area (Å²) in [5.74, 6) is -0.304. The summed E-state index contributed by atoms with van der Waals surface area (Å²) in [6.07, 6.45) is 0.706. The number of hydrogen-bond donors (Lipinski definition) is 1. The number of aromatic nitrogens is 1. The highest BCUT2D eigenvalue weighted by Crippen LogP contribution is 2.15. The zero-order chi connectivity index (χ0) is 8.55. The van der Waals surface area contributed by atoms with Gasteiger partial charge in [-0.2, -0.15) is 0 Å². The molecule has 1 aromatic heterocycles. The summed E-state index contributed by atoms with van der Waals surface area (Å²) in [6.45, 7) is 0. The Labute approximate surface area is 68.0 Å². The van der Waals surface area contributed by atoms with Crippen molar-refractivity contribution in [1.29, 1.82) is 0 Å². The van der Waals surface area contributed by atoms with Crippen molar-refractivity contribution in [3.05, 3.63) is 35.8 Å². The van der Waals surface area contributed by atoms with Gasteiger partial charge in [-0.15, -0.1) is 0 Å². The van der Waals surface area contributed by atoms with Crippen LogP contribution in [0.4, 0.5) is 4.39 Å². The number of aromatic amines is 1. The lowest BCUT2D eigenvalue weighted by atomic mass is 10.2. The minimum absolute atomic E-state index is 0.304. The summed E-state index contributed by atoms with van der Waals surface area (Å²) in [5.41, 5.74) is 1.12. The minimum Gasteiger partial charge on any atom is -0.352 e. The van der Waals surface area contributed by atoms with Gasteiger partial charge in [-0.05, 0) is 24.3 Å². The van der Waals surface area contributed by atoms with Crippen LogP contribution in [0.5, 0.6) is 0 Å². The normalized spacial score (nSPS) is 10.4. The van der Waals surface area contributed by atoms with E-state index in [4.69, 9.17) is 0 Å². The molecule has 2 nitrogen and oxygen atoms in total. The fourth-order valence-electron chi connectivity index (χ4n) is 1.19. The van der Waals surface area contributed by atoms with Crippen LogP contribution in [0.15, 0.2) is 24.3 Å². The Morgan fingerprint density at radius 2 is 2.17 bits per heavy atom. The highest BCUT2D eigenvalue weighted by molar-refractivity contribution is 5.87. The summed E-state index contributed by atoms with van der Waals surface area (Å²) in [7, 11) is 0. The molecule has 60 valence electrons. The molecular weight excluding hydrogens is 157 g/mol.